The van der Waals surface area contributed by atoms with Gasteiger partial charge in [-0.15, -0.1) is 0 Å². The van der Waals surface area contributed by atoms with Crippen LogP contribution in [0.1, 0.15) is 44.9 Å². The predicted molar refractivity (Wildman–Crippen MR) is 152 cm³/mol. The molecule has 8 nitrogen and oxygen atoms in total. The van der Waals surface area contributed by atoms with Gasteiger partial charge in [-0.2, -0.15) is 0 Å². The van der Waals surface area contributed by atoms with Crippen molar-refractivity contribution >= 4 is 41.1 Å². The smallest absolute Gasteiger partial charge is 0.323 e. The van der Waals surface area contributed by atoms with Crippen LogP contribution in [-0.4, -0.2) is 56.6 Å². The molecule has 2 aromatic heterocycles. The minimum Gasteiger partial charge on any atom is -0.465 e. The molecule has 212 valence electrons. The summed E-state index contributed by atoms with van der Waals surface area (Å²) in [6.07, 6.45) is 6.98. The van der Waals surface area contributed by atoms with Crippen molar-refractivity contribution < 1.29 is 27.9 Å². The fraction of sp³-hybridized carbons (Fsp3) is 0.207. The number of ether oxygens (including phenoxy) is 1. The van der Waals surface area contributed by atoms with Crippen molar-refractivity contribution in [1.29, 1.82) is 0 Å². The molecule has 0 aliphatic rings. The lowest BCUT2D eigenvalue weighted by Gasteiger charge is -2.14. The first kappa shape index (κ1) is 31.5. The quantitative estimate of drug-likeness (QED) is 0.0751. The third-order valence-corrected chi connectivity index (χ3v) is 6.55. The topological polar surface area (TPSA) is 112 Å². The second kappa shape index (κ2) is 15.7. The maximum atomic E-state index is 13.0. The number of hydrogen-bond donors (Lipinski definition) is 0. The molecule has 4 rings (SSSR count). The zero-order valence-electron chi connectivity index (χ0n) is 22.4. The zero-order valence-corrected chi connectivity index (χ0v) is 24.0. The van der Waals surface area contributed by atoms with E-state index in [1.54, 1.807) is 25.4 Å². The summed E-state index contributed by atoms with van der Waals surface area (Å²) >= 11 is 2.72. The molecule has 12 heteroatoms. The molecule has 2 heterocycles. The summed E-state index contributed by atoms with van der Waals surface area (Å²) in [5.41, 5.74) is 1.63. The molecule has 2 aromatic carbocycles. The Morgan fingerprint density at radius 3 is 1.88 bits per heavy atom. The molecule has 0 saturated carbocycles. The van der Waals surface area contributed by atoms with Crippen LogP contribution in [0.2, 0.25) is 0 Å². The van der Waals surface area contributed by atoms with E-state index in [0.29, 0.717) is 21.6 Å². The SMILES string of the molecule is CCOC(=O)C(C(=O)c1ccc(F)cc1)c1ccnc(SC)n1.CSc1nccc(CC(=O)c2ccc(F)cc2)n1. The Kier molecular flexibility index (Phi) is 12.0. The molecule has 0 fully saturated rings. The number of aromatic nitrogens is 4. The number of Topliss-reactive ketones (excluding diaryl/α,β-unsaturated/α-hetero) is 2. The molecule has 0 amide bonds. The Morgan fingerprint density at radius 1 is 0.780 bits per heavy atom. The largest absolute Gasteiger partial charge is 0.465 e. The molecule has 0 aliphatic carbocycles. The van der Waals surface area contributed by atoms with Gasteiger partial charge in [0.1, 0.15) is 11.6 Å². The van der Waals surface area contributed by atoms with Crippen LogP contribution in [0.5, 0.6) is 0 Å². The zero-order chi connectivity index (χ0) is 29.8. The summed E-state index contributed by atoms with van der Waals surface area (Å²) in [5, 5.41) is 1.09. The van der Waals surface area contributed by atoms with E-state index in [0.717, 1.165) is 0 Å². The number of halogens is 2. The minimum atomic E-state index is -1.20. The van der Waals surface area contributed by atoms with Gasteiger partial charge in [-0.05, 0) is 80.1 Å². The van der Waals surface area contributed by atoms with Crippen LogP contribution in [0.25, 0.3) is 0 Å². The van der Waals surface area contributed by atoms with Crippen LogP contribution in [0.15, 0.2) is 83.4 Å². The van der Waals surface area contributed by atoms with Crippen LogP contribution < -0.4 is 0 Å². The van der Waals surface area contributed by atoms with E-state index in [-0.39, 0.29) is 35.9 Å². The standard InChI is InChI=1S/C16H15FN2O3S.C13H11FN2OS/c1-3-22-15(21)13(12-8-9-18-16(19-12)23-2)14(20)10-4-6-11(17)7-5-10;1-18-13-15-7-6-11(16-13)8-12(17)9-2-4-10(14)5-3-9/h4-9,13H,3H2,1-2H3;2-7H,8H2,1H3. The van der Waals surface area contributed by atoms with Crippen molar-refractivity contribution in [2.24, 2.45) is 0 Å². The van der Waals surface area contributed by atoms with Crippen LogP contribution in [-0.2, 0) is 16.0 Å². The molecular formula is C29H26F2N4O4S2. The minimum absolute atomic E-state index is 0.0826. The highest BCUT2D eigenvalue weighted by molar-refractivity contribution is 7.98. The van der Waals surface area contributed by atoms with E-state index in [4.69, 9.17) is 4.74 Å². The Hall–Kier alpha value is -4.03. The van der Waals surface area contributed by atoms with Gasteiger partial charge < -0.3 is 4.74 Å². The highest BCUT2D eigenvalue weighted by atomic mass is 32.2. The van der Waals surface area contributed by atoms with Gasteiger partial charge in [-0.25, -0.2) is 28.7 Å². The van der Waals surface area contributed by atoms with E-state index in [9.17, 15) is 23.2 Å². The van der Waals surface area contributed by atoms with Gasteiger partial charge in [0.25, 0.3) is 0 Å². The normalized spacial score (nSPS) is 11.1. The summed E-state index contributed by atoms with van der Waals surface area (Å²) in [6.45, 7) is 1.80. The molecule has 0 bridgehead atoms. The number of carbonyl (C=O) groups is 3. The first-order chi connectivity index (χ1) is 19.7. The molecule has 1 unspecified atom stereocenters. The summed E-state index contributed by atoms with van der Waals surface area (Å²) < 4.78 is 30.8. The van der Waals surface area contributed by atoms with Crippen molar-refractivity contribution in [3.63, 3.8) is 0 Å². The molecular weight excluding hydrogens is 570 g/mol. The summed E-state index contributed by atoms with van der Waals surface area (Å²) in [6, 6.07) is 13.7. The Morgan fingerprint density at radius 2 is 1.32 bits per heavy atom. The summed E-state index contributed by atoms with van der Waals surface area (Å²) in [5.74, 6) is -3.27. The molecule has 0 saturated heterocycles. The van der Waals surface area contributed by atoms with Crippen molar-refractivity contribution in [3.8, 4) is 0 Å². The van der Waals surface area contributed by atoms with Crippen LogP contribution in [0.4, 0.5) is 8.78 Å². The Labute approximate surface area is 244 Å². The van der Waals surface area contributed by atoms with Gasteiger partial charge in [-0.1, -0.05) is 23.5 Å². The maximum absolute atomic E-state index is 13.0. The molecule has 41 heavy (non-hydrogen) atoms. The fourth-order valence-corrected chi connectivity index (χ4v) is 4.19. The third kappa shape index (κ3) is 9.25. The highest BCUT2D eigenvalue weighted by Gasteiger charge is 2.32. The third-order valence-electron chi connectivity index (χ3n) is 5.43. The number of thioether (sulfide) groups is 2. The van der Waals surface area contributed by atoms with Crippen molar-refractivity contribution in [3.05, 3.63) is 107 Å². The number of ketones is 2. The molecule has 4 aromatic rings. The van der Waals surface area contributed by atoms with Crippen LogP contribution in [0.3, 0.4) is 0 Å². The van der Waals surface area contributed by atoms with E-state index >= 15 is 0 Å². The van der Waals surface area contributed by atoms with E-state index in [2.05, 4.69) is 19.9 Å². The Bertz CT molecular complexity index is 1490. The average molecular weight is 597 g/mol. The van der Waals surface area contributed by atoms with Gasteiger partial charge >= 0.3 is 5.97 Å². The number of hydrogen-bond acceptors (Lipinski definition) is 10. The van der Waals surface area contributed by atoms with E-state index in [1.807, 2.05) is 6.26 Å². The van der Waals surface area contributed by atoms with E-state index < -0.39 is 23.5 Å². The second-order valence-electron chi connectivity index (χ2n) is 8.17. The van der Waals surface area contributed by atoms with E-state index in [1.165, 1.54) is 84.3 Å². The van der Waals surface area contributed by atoms with Gasteiger partial charge in [0.05, 0.1) is 24.4 Å². The van der Waals surface area contributed by atoms with Crippen LogP contribution in [0, 0.1) is 11.6 Å². The lowest BCUT2D eigenvalue weighted by atomic mass is 9.94. The lowest BCUT2D eigenvalue weighted by molar-refractivity contribution is -0.143. The average Bonchev–Trinajstić information content (AvgIpc) is 2.98. The Balaban J connectivity index is 0.000000232. The second-order valence-corrected chi connectivity index (χ2v) is 9.71. The number of benzene rings is 2. The number of nitrogens with zero attached hydrogens (tertiary/aromatic N) is 4. The number of carbonyl (C=O) groups excluding carboxylic acids is 3. The lowest BCUT2D eigenvalue weighted by Crippen LogP contribution is -2.25. The van der Waals surface area contributed by atoms with Gasteiger partial charge in [0.2, 0.25) is 0 Å². The van der Waals surface area contributed by atoms with Gasteiger partial charge in [0, 0.05) is 23.5 Å². The first-order valence-corrected chi connectivity index (χ1v) is 14.7. The molecule has 0 N–H and O–H groups in total. The molecule has 1 atom stereocenters. The van der Waals surface area contributed by atoms with Crippen molar-refractivity contribution in [1.82, 2.24) is 19.9 Å². The first-order valence-electron chi connectivity index (χ1n) is 12.2. The molecule has 0 spiro atoms. The van der Waals surface area contributed by atoms with Gasteiger partial charge in [-0.3, -0.25) is 14.4 Å². The molecule has 0 radical (unpaired) electrons. The summed E-state index contributed by atoms with van der Waals surface area (Å²) in [7, 11) is 0. The van der Waals surface area contributed by atoms with Crippen molar-refractivity contribution in [2.75, 3.05) is 19.1 Å². The monoisotopic (exact) mass is 596 g/mol. The highest BCUT2D eigenvalue weighted by Crippen LogP contribution is 2.23. The number of esters is 1. The van der Waals surface area contributed by atoms with Crippen LogP contribution >= 0.6 is 23.5 Å². The van der Waals surface area contributed by atoms with Gasteiger partial charge in [0.15, 0.2) is 27.8 Å². The molecule has 0 aliphatic heterocycles. The maximum Gasteiger partial charge on any atom is 0.323 e. The predicted octanol–water partition coefficient (Wildman–Crippen LogP) is 5.63. The fourth-order valence-electron chi connectivity index (χ4n) is 3.46. The number of rotatable bonds is 10. The summed E-state index contributed by atoms with van der Waals surface area (Å²) in [4.78, 5) is 53.4. The van der Waals surface area contributed by atoms with Crippen molar-refractivity contribution in [2.45, 2.75) is 29.6 Å².